The van der Waals surface area contributed by atoms with E-state index in [1.165, 1.54) is 12.0 Å². The fourth-order valence-corrected chi connectivity index (χ4v) is 4.61. The molecular weight excluding hydrogens is 312 g/mol. The SMILES string of the molecule is Cn1nccc1CCNC(=O)[C@]1(Cc2ccccc2)C[C@@H]2CC[C@H]1N2. The summed E-state index contributed by atoms with van der Waals surface area (Å²) in [6, 6.07) is 13.2. The minimum atomic E-state index is -0.309. The highest BCUT2D eigenvalue weighted by Crippen LogP contribution is 2.45. The summed E-state index contributed by atoms with van der Waals surface area (Å²) in [5.74, 6) is 0.207. The number of aryl methyl sites for hydroxylation is 1. The van der Waals surface area contributed by atoms with Gasteiger partial charge in [0.25, 0.3) is 0 Å². The maximum Gasteiger partial charge on any atom is 0.228 e. The average molecular weight is 338 g/mol. The molecule has 2 N–H and O–H groups in total. The Morgan fingerprint density at radius 3 is 2.80 bits per heavy atom. The number of rotatable bonds is 6. The Kier molecular flexibility index (Phi) is 4.34. The van der Waals surface area contributed by atoms with E-state index in [9.17, 15) is 4.79 Å². The lowest BCUT2D eigenvalue weighted by Crippen LogP contribution is -2.50. The number of carbonyl (C=O) groups excluding carboxylic acids is 1. The molecule has 2 bridgehead atoms. The fraction of sp³-hybridized carbons (Fsp3) is 0.500. The Labute approximate surface area is 148 Å². The van der Waals surface area contributed by atoms with Crippen LogP contribution >= 0.6 is 0 Å². The first-order valence-electron chi connectivity index (χ1n) is 9.22. The van der Waals surface area contributed by atoms with Gasteiger partial charge in [0.05, 0.1) is 5.41 Å². The molecule has 0 unspecified atom stereocenters. The summed E-state index contributed by atoms with van der Waals surface area (Å²) >= 11 is 0. The molecule has 3 atom stereocenters. The smallest absolute Gasteiger partial charge is 0.228 e. The minimum absolute atomic E-state index is 0.207. The maximum absolute atomic E-state index is 13.2. The van der Waals surface area contributed by atoms with Crippen LogP contribution in [0.15, 0.2) is 42.6 Å². The van der Waals surface area contributed by atoms with Crippen molar-refractivity contribution in [1.29, 1.82) is 0 Å². The van der Waals surface area contributed by atoms with Gasteiger partial charge in [-0.2, -0.15) is 5.10 Å². The van der Waals surface area contributed by atoms with E-state index in [2.05, 4.69) is 40.0 Å². The molecule has 0 aliphatic carbocycles. The van der Waals surface area contributed by atoms with E-state index in [1.54, 1.807) is 6.20 Å². The van der Waals surface area contributed by atoms with Gasteiger partial charge in [0, 0.05) is 44.0 Å². The predicted molar refractivity (Wildman–Crippen MR) is 97.1 cm³/mol. The molecule has 2 saturated heterocycles. The number of nitrogens with one attached hydrogen (secondary N) is 2. The molecule has 1 aromatic heterocycles. The summed E-state index contributed by atoms with van der Waals surface area (Å²) in [5, 5.41) is 11.1. The van der Waals surface area contributed by atoms with Crippen molar-refractivity contribution in [3.8, 4) is 0 Å². The third-order valence-electron chi connectivity index (χ3n) is 5.92. The quantitative estimate of drug-likeness (QED) is 0.845. The molecule has 4 rings (SSSR count). The molecular formula is C20H26N4O. The summed E-state index contributed by atoms with van der Waals surface area (Å²) < 4.78 is 1.87. The predicted octanol–water partition coefficient (Wildman–Crippen LogP) is 1.83. The Balaban J connectivity index is 1.46. The van der Waals surface area contributed by atoms with Gasteiger partial charge in [-0.25, -0.2) is 0 Å². The summed E-state index contributed by atoms with van der Waals surface area (Å²) in [6.07, 6.45) is 6.68. The van der Waals surface area contributed by atoms with E-state index in [0.29, 0.717) is 18.6 Å². The average Bonchev–Trinajstić information content (AvgIpc) is 3.33. The Morgan fingerprint density at radius 2 is 2.16 bits per heavy atom. The van der Waals surface area contributed by atoms with Crippen LogP contribution in [0.25, 0.3) is 0 Å². The van der Waals surface area contributed by atoms with Gasteiger partial charge in [-0.1, -0.05) is 30.3 Å². The molecule has 5 heteroatoms. The number of hydrogen-bond acceptors (Lipinski definition) is 3. The number of aromatic nitrogens is 2. The number of hydrogen-bond donors (Lipinski definition) is 2. The molecule has 25 heavy (non-hydrogen) atoms. The number of carbonyl (C=O) groups is 1. The second kappa shape index (κ2) is 6.64. The van der Waals surface area contributed by atoms with Crippen LogP contribution in [0, 0.1) is 5.41 Å². The van der Waals surface area contributed by atoms with Crippen LogP contribution in [0.4, 0.5) is 0 Å². The van der Waals surface area contributed by atoms with Gasteiger partial charge in [-0.05, 0) is 37.3 Å². The Bertz CT molecular complexity index is 741. The van der Waals surface area contributed by atoms with Crippen molar-refractivity contribution in [2.45, 2.75) is 44.2 Å². The summed E-state index contributed by atoms with van der Waals surface area (Å²) in [5.41, 5.74) is 2.08. The summed E-state index contributed by atoms with van der Waals surface area (Å²) in [4.78, 5) is 13.2. The molecule has 5 nitrogen and oxygen atoms in total. The van der Waals surface area contributed by atoms with Crippen LogP contribution in [0.1, 0.15) is 30.5 Å². The van der Waals surface area contributed by atoms with E-state index in [1.807, 2.05) is 23.9 Å². The number of benzene rings is 1. The van der Waals surface area contributed by atoms with Crippen LogP contribution in [-0.4, -0.2) is 34.3 Å². The van der Waals surface area contributed by atoms with Crippen molar-refractivity contribution >= 4 is 5.91 Å². The first kappa shape index (κ1) is 16.3. The minimum Gasteiger partial charge on any atom is -0.355 e. The van der Waals surface area contributed by atoms with Crippen molar-refractivity contribution < 1.29 is 4.79 Å². The first-order chi connectivity index (χ1) is 12.2. The van der Waals surface area contributed by atoms with E-state index < -0.39 is 0 Å². The zero-order valence-corrected chi connectivity index (χ0v) is 14.7. The topological polar surface area (TPSA) is 59.0 Å². The van der Waals surface area contributed by atoms with Gasteiger partial charge in [-0.15, -0.1) is 0 Å². The number of nitrogens with zero attached hydrogens (tertiary/aromatic N) is 2. The first-order valence-corrected chi connectivity index (χ1v) is 9.22. The van der Waals surface area contributed by atoms with Gasteiger partial charge in [-0.3, -0.25) is 9.48 Å². The second-order valence-corrected chi connectivity index (χ2v) is 7.47. The highest BCUT2D eigenvalue weighted by molar-refractivity contribution is 5.84. The highest BCUT2D eigenvalue weighted by Gasteiger charge is 2.55. The summed E-state index contributed by atoms with van der Waals surface area (Å²) in [6.45, 7) is 0.659. The molecule has 1 aromatic carbocycles. The Morgan fingerprint density at radius 1 is 1.32 bits per heavy atom. The van der Waals surface area contributed by atoms with E-state index >= 15 is 0 Å². The third kappa shape index (κ3) is 3.09. The monoisotopic (exact) mass is 338 g/mol. The standard InChI is InChI=1S/C20H26N4O/c1-24-17(10-12-22-24)9-11-21-19(25)20(13-15-5-3-2-4-6-15)14-16-7-8-18(20)23-16/h2-6,10,12,16,18,23H,7-9,11,13-14H2,1H3,(H,21,25)/t16-,18+,20+/m0/s1. The van der Waals surface area contributed by atoms with Gasteiger partial charge < -0.3 is 10.6 Å². The molecule has 2 aliphatic rings. The van der Waals surface area contributed by atoms with Gasteiger partial charge >= 0.3 is 0 Å². The van der Waals surface area contributed by atoms with Crippen molar-refractivity contribution in [3.05, 3.63) is 53.9 Å². The molecule has 0 radical (unpaired) electrons. The molecule has 132 valence electrons. The van der Waals surface area contributed by atoms with E-state index in [0.717, 1.165) is 31.4 Å². The summed E-state index contributed by atoms with van der Waals surface area (Å²) in [7, 11) is 1.94. The Hall–Kier alpha value is -2.14. The molecule has 2 aromatic rings. The number of fused-ring (bicyclic) bond motifs is 2. The molecule has 3 heterocycles. The third-order valence-corrected chi connectivity index (χ3v) is 5.92. The largest absolute Gasteiger partial charge is 0.355 e. The van der Waals surface area contributed by atoms with Crippen molar-refractivity contribution in [1.82, 2.24) is 20.4 Å². The molecule has 1 amide bonds. The zero-order chi connectivity index (χ0) is 17.3. The van der Waals surface area contributed by atoms with Gasteiger partial charge in [0.2, 0.25) is 5.91 Å². The van der Waals surface area contributed by atoms with Gasteiger partial charge in [0.15, 0.2) is 0 Å². The number of amides is 1. The van der Waals surface area contributed by atoms with Crippen LogP contribution in [-0.2, 0) is 24.7 Å². The molecule has 0 spiro atoms. The molecule has 2 aliphatic heterocycles. The second-order valence-electron chi connectivity index (χ2n) is 7.47. The lowest BCUT2D eigenvalue weighted by molar-refractivity contribution is -0.132. The van der Waals surface area contributed by atoms with Crippen LogP contribution < -0.4 is 10.6 Å². The zero-order valence-electron chi connectivity index (χ0n) is 14.7. The van der Waals surface area contributed by atoms with Crippen molar-refractivity contribution in [2.75, 3.05) is 6.54 Å². The van der Waals surface area contributed by atoms with E-state index in [4.69, 9.17) is 0 Å². The lowest BCUT2D eigenvalue weighted by Gasteiger charge is -2.35. The highest BCUT2D eigenvalue weighted by atomic mass is 16.2. The van der Waals surface area contributed by atoms with Crippen LogP contribution in [0.2, 0.25) is 0 Å². The fourth-order valence-electron chi connectivity index (χ4n) is 4.61. The van der Waals surface area contributed by atoms with Crippen molar-refractivity contribution in [3.63, 3.8) is 0 Å². The molecule has 2 fully saturated rings. The normalized spacial score (nSPS) is 27.6. The van der Waals surface area contributed by atoms with Gasteiger partial charge in [0.1, 0.15) is 0 Å². The van der Waals surface area contributed by atoms with Crippen LogP contribution in [0.5, 0.6) is 0 Å². The van der Waals surface area contributed by atoms with E-state index in [-0.39, 0.29) is 11.3 Å². The maximum atomic E-state index is 13.2. The van der Waals surface area contributed by atoms with Crippen molar-refractivity contribution in [2.24, 2.45) is 12.5 Å². The van der Waals surface area contributed by atoms with Crippen LogP contribution in [0.3, 0.4) is 0 Å². The molecule has 0 saturated carbocycles. The lowest BCUT2D eigenvalue weighted by atomic mass is 9.69.